The summed E-state index contributed by atoms with van der Waals surface area (Å²) in [6, 6.07) is 0.881. The Bertz CT molecular complexity index is 1120. The van der Waals surface area contributed by atoms with E-state index in [0.717, 1.165) is 38.4 Å². The van der Waals surface area contributed by atoms with Crippen LogP contribution in [0.15, 0.2) is 24.7 Å². The van der Waals surface area contributed by atoms with Gasteiger partial charge in [-0.3, -0.25) is 4.79 Å². The van der Waals surface area contributed by atoms with E-state index in [-0.39, 0.29) is 37.5 Å². The fourth-order valence-electron chi connectivity index (χ4n) is 4.64. The van der Waals surface area contributed by atoms with Crippen LogP contribution in [0.5, 0.6) is 5.88 Å². The minimum atomic E-state index is -4.60. The van der Waals surface area contributed by atoms with Crippen LogP contribution in [0.25, 0.3) is 0 Å². The topological polar surface area (TPSA) is 83.9 Å². The van der Waals surface area contributed by atoms with Gasteiger partial charge in [-0.05, 0) is 18.9 Å². The van der Waals surface area contributed by atoms with Gasteiger partial charge in [-0.2, -0.15) is 26.3 Å². The van der Waals surface area contributed by atoms with E-state index in [1.807, 2.05) is 4.90 Å². The molecule has 0 unspecified atom stereocenters. The number of piperazine rings is 1. The zero-order valence-electron chi connectivity index (χ0n) is 21.1. The Balaban J connectivity index is 1.22. The Labute approximate surface area is 220 Å². The van der Waals surface area contributed by atoms with Gasteiger partial charge in [-0.15, -0.1) is 0 Å². The van der Waals surface area contributed by atoms with Gasteiger partial charge >= 0.3 is 12.4 Å². The molecule has 0 bridgehead atoms. The van der Waals surface area contributed by atoms with E-state index in [2.05, 4.69) is 15.0 Å². The summed E-state index contributed by atoms with van der Waals surface area (Å²) < 4.78 is 88.8. The second-order valence-corrected chi connectivity index (χ2v) is 9.20. The molecule has 1 atom stereocenters. The van der Waals surface area contributed by atoms with Crippen LogP contribution in [0.2, 0.25) is 0 Å². The number of rotatable bonds is 8. The van der Waals surface area contributed by atoms with Crippen LogP contribution in [0.4, 0.5) is 38.0 Å². The van der Waals surface area contributed by atoms with Gasteiger partial charge in [-0.25, -0.2) is 15.0 Å². The van der Waals surface area contributed by atoms with Crippen LogP contribution in [0, 0.1) is 0 Å². The Morgan fingerprint density at radius 2 is 1.67 bits per heavy atom. The molecule has 214 valence electrons. The van der Waals surface area contributed by atoms with E-state index in [0.29, 0.717) is 38.4 Å². The van der Waals surface area contributed by atoms with Crippen molar-refractivity contribution >= 4 is 17.5 Å². The summed E-state index contributed by atoms with van der Waals surface area (Å²) in [6.45, 7) is 2.46. The first kappa shape index (κ1) is 28.6. The molecule has 1 amide bonds. The second-order valence-electron chi connectivity index (χ2n) is 9.20. The molecule has 0 N–H and O–H groups in total. The van der Waals surface area contributed by atoms with Crippen molar-refractivity contribution in [2.45, 2.75) is 37.7 Å². The first-order chi connectivity index (χ1) is 18.5. The number of amides is 1. The van der Waals surface area contributed by atoms with Crippen molar-refractivity contribution < 1.29 is 40.6 Å². The van der Waals surface area contributed by atoms with Gasteiger partial charge < -0.3 is 24.2 Å². The number of aromatic nitrogens is 3. The summed E-state index contributed by atoms with van der Waals surface area (Å²) in [7, 11) is 1.14. The van der Waals surface area contributed by atoms with Gasteiger partial charge in [0.05, 0.1) is 50.2 Å². The molecule has 9 nitrogen and oxygen atoms in total. The van der Waals surface area contributed by atoms with Gasteiger partial charge in [-0.1, -0.05) is 0 Å². The molecule has 2 fully saturated rings. The summed E-state index contributed by atoms with van der Waals surface area (Å²) in [5.74, 6) is -0.432. The zero-order valence-corrected chi connectivity index (χ0v) is 21.1. The van der Waals surface area contributed by atoms with E-state index < -0.39 is 29.4 Å². The summed E-state index contributed by atoms with van der Waals surface area (Å²) in [6.07, 6.45) is -4.63. The van der Waals surface area contributed by atoms with Crippen molar-refractivity contribution in [3.8, 4) is 5.88 Å². The molecule has 0 saturated carbocycles. The maximum atomic E-state index is 13.4. The van der Waals surface area contributed by atoms with Gasteiger partial charge in [0.15, 0.2) is 0 Å². The Hall–Kier alpha value is -3.36. The van der Waals surface area contributed by atoms with Crippen LogP contribution >= 0.6 is 0 Å². The van der Waals surface area contributed by atoms with E-state index in [1.165, 1.54) is 6.20 Å². The third kappa shape index (κ3) is 6.99. The molecule has 0 aliphatic carbocycles. The first-order valence-corrected chi connectivity index (χ1v) is 12.3. The number of pyridine rings is 1. The highest BCUT2D eigenvalue weighted by atomic mass is 19.4. The van der Waals surface area contributed by atoms with E-state index >= 15 is 0 Å². The van der Waals surface area contributed by atoms with Gasteiger partial charge in [0, 0.05) is 45.1 Å². The van der Waals surface area contributed by atoms with Gasteiger partial charge in [0.1, 0.15) is 5.56 Å². The maximum Gasteiger partial charge on any atom is 0.421 e. The molecule has 4 rings (SSSR count). The van der Waals surface area contributed by atoms with E-state index in [4.69, 9.17) is 9.47 Å². The number of carbonyl (C=O) groups is 1. The van der Waals surface area contributed by atoms with Gasteiger partial charge in [0.25, 0.3) is 0 Å². The zero-order chi connectivity index (χ0) is 28.2. The number of ether oxygens (including phenoxy) is 2. The average molecular weight is 563 g/mol. The van der Waals surface area contributed by atoms with Crippen molar-refractivity contribution in [3.05, 3.63) is 35.8 Å². The van der Waals surface area contributed by atoms with Gasteiger partial charge in [0.2, 0.25) is 17.7 Å². The minimum Gasteiger partial charge on any atom is -0.481 e. The smallest absolute Gasteiger partial charge is 0.421 e. The molecule has 15 heteroatoms. The summed E-state index contributed by atoms with van der Waals surface area (Å²) in [5, 5.41) is 0. The highest BCUT2D eigenvalue weighted by Crippen LogP contribution is 2.38. The highest BCUT2D eigenvalue weighted by molar-refractivity contribution is 5.76. The van der Waals surface area contributed by atoms with Crippen LogP contribution in [-0.4, -0.2) is 84.8 Å². The average Bonchev–Trinajstić information content (AvgIpc) is 3.38. The molecule has 2 aliphatic heterocycles. The number of anilines is 2. The van der Waals surface area contributed by atoms with Crippen LogP contribution < -0.4 is 14.5 Å². The minimum absolute atomic E-state index is 0.125. The van der Waals surface area contributed by atoms with Crippen molar-refractivity contribution in [1.29, 1.82) is 0 Å². The SMILES string of the molecule is COc1ncc(N2CCC[C@H]2COCCC(=O)N2CCN(c3ncc(C(F)(F)F)cn3)CC2)cc1C(F)(F)F. The summed E-state index contributed by atoms with van der Waals surface area (Å²) in [4.78, 5) is 29.2. The summed E-state index contributed by atoms with van der Waals surface area (Å²) in [5.41, 5.74) is -1.53. The predicted octanol–water partition coefficient (Wildman–Crippen LogP) is 3.64. The molecule has 2 aromatic heterocycles. The predicted molar refractivity (Wildman–Crippen MR) is 127 cm³/mol. The number of hydrogen-bond acceptors (Lipinski definition) is 8. The third-order valence-electron chi connectivity index (χ3n) is 6.70. The summed E-state index contributed by atoms with van der Waals surface area (Å²) >= 11 is 0. The highest BCUT2D eigenvalue weighted by Gasteiger charge is 2.37. The Kier molecular flexibility index (Phi) is 8.67. The van der Waals surface area contributed by atoms with Crippen LogP contribution in [-0.2, 0) is 21.9 Å². The lowest BCUT2D eigenvalue weighted by Crippen LogP contribution is -2.49. The standard InChI is InChI=1S/C24H28F6N6O3/c1-38-21-19(24(28,29)30)11-18(14-31-21)36-5-2-3-17(36)15-39-10-4-20(37)34-6-8-35(9-7-34)22-32-12-16(13-33-22)23(25,26)27/h11-14,17H,2-10,15H2,1H3/t17-/m0/s1. The molecule has 2 saturated heterocycles. The number of carbonyl (C=O) groups excluding carboxylic acids is 1. The van der Waals surface area contributed by atoms with Crippen molar-refractivity contribution in [2.24, 2.45) is 0 Å². The molecule has 0 aromatic carbocycles. The molecular formula is C24H28F6N6O3. The lowest BCUT2D eigenvalue weighted by atomic mass is 10.2. The van der Waals surface area contributed by atoms with Crippen molar-refractivity contribution in [3.63, 3.8) is 0 Å². The second kappa shape index (κ2) is 11.8. The number of alkyl halides is 6. The lowest BCUT2D eigenvalue weighted by molar-refractivity contribution is -0.139. The van der Waals surface area contributed by atoms with Crippen molar-refractivity contribution in [1.82, 2.24) is 19.9 Å². The molecule has 0 radical (unpaired) electrons. The van der Waals surface area contributed by atoms with E-state index in [1.54, 1.807) is 9.80 Å². The third-order valence-corrected chi connectivity index (χ3v) is 6.70. The fourth-order valence-corrected chi connectivity index (χ4v) is 4.64. The molecule has 39 heavy (non-hydrogen) atoms. The van der Waals surface area contributed by atoms with Crippen LogP contribution in [0.3, 0.4) is 0 Å². The maximum absolute atomic E-state index is 13.4. The van der Waals surface area contributed by atoms with Crippen LogP contribution in [0.1, 0.15) is 30.4 Å². The van der Waals surface area contributed by atoms with Crippen molar-refractivity contribution in [2.75, 3.05) is 62.8 Å². The van der Waals surface area contributed by atoms with E-state index in [9.17, 15) is 31.1 Å². The number of halogens is 6. The normalized spacial score (nSPS) is 18.5. The number of hydrogen-bond donors (Lipinski definition) is 0. The molecular weight excluding hydrogens is 534 g/mol. The quantitative estimate of drug-likeness (QED) is 0.356. The largest absolute Gasteiger partial charge is 0.481 e. The lowest BCUT2D eigenvalue weighted by Gasteiger charge is -2.34. The fraction of sp³-hybridized carbons (Fsp3) is 0.583. The molecule has 2 aromatic rings. The molecule has 2 aliphatic rings. The molecule has 0 spiro atoms. The first-order valence-electron chi connectivity index (χ1n) is 12.3. The number of nitrogens with zero attached hydrogens (tertiary/aromatic N) is 6. The Morgan fingerprint density at radius 1 is 0.974 bits per heavy atom. The Morgan fingerprint density at radius 3 is 2.28 bits per heavy atom. The number of methoxy groups -OCH3 is 1. The molecule has 4 heterocycles. The monoisotopic (exact) mass is 562 g/mol.